The highest BCUT2D eigenvalue weighted by Gasteiger charge is 2.55. The van der Waals surface area contributed by atoms with Crippen LogP contribution < -0.4 is 15.1 Å². The van der Waals surface area contributed by atoms with Crippen molar-refractivity contribution in [1.82, 2.24) is 19.9 Å². The van der Waals surface area contributed by atoms with Crippen LogP contribution in [0, 0.1) is 5.41 Å². The highest BCUT2D eigenvalue weighted by Crippen LogP contribution is 2.51. The third kappa shape index (κ3) is 5.81. The molecular weight excluding hydrogens is 621 g/mol. The van der Waals surface area contributed by atoms with E-state index in [4.69, 9.17) is 9.72 Å². The van der Waals surface area contributed by atoms with E-state index < -0.39 is 22.1 Å². The van der Waals surface area contributed by atoms with Gasteiger partial charge in [-0.05, 0) is 67.3 Å². The van der Waals surface area contributed by atoms with E-state index in [1.165, 1.54) is 19.4 Å². The Balaban J connectivity index is 1.21. The molecule has 250 valence electrons. The maximum atomic E-state index is 14.6. The maximum Gasteiger partial charge on any atom is 0.246 e. The molecule has 47 heavy (non-hydrogen) atoms. The lowest BCUT2D eigenvalue weighted by atomic mass is 9.77. The monoisotopic (exact) mass is 663 g/mol. The van der Waals surface area contributed by atoms with Gasteiger partial charge >= 0.3 is 0 Å². The standard InChI is InChI=1S/C34H42FN7O4S/c1-4-32(43)42-15-6-7-27(42)22-9-10-26(41-20-34(21-41)13-5-8-29(34)47(3,44)45)24-18-37-31(17-23(22)24)38-30-11-14-36-33(39-30)40-16-12-28(46-2)25(35)19-40/h4,9-11,14,17-18,25,27-29H,1,5-8,12-13,15-16,19-21H2,2-3H3,(H,36,37,38,39)/t25-,27-,28+,29+/m0/s1. The van der Waals surface area contributed by atoms with Crippen LogP contribution in [0.2, 0.25) is 0 Å². The van der Waals surface area contributed by atoms with Crippen molar-refractivity contribution in [2.24, 2.45) is 5.41 Å². The largest absolute Gasteiger partial charge is 0.378 e. The van der Waals surface area contributed by atoms with Gasteiger partial charge in [0.2, 0.25) is 11.9 Å². The number of methoxy groups -OCH3 is 1. The van der Waals surface area contributed by atoms with Gasteiger partial charge in [-0.3, -0.25) is 4.79 Å². The predicted molar refractivity (Wildman–Crippen MR) is 181 cm³/mol. The van der Waals surface area contributed by atoms with E-state index in [1.54, 1.807) is 12.3 Å². The molecular formula is C34H42FN7O4S. The summed E-state index contributed by atoms with van der Waals surface area (Å²) < 4.78 is 45.1. The number of alkyl halides is 1. The number of pyridine rings is 1. The maximum absolute atomic E-state index is 14.6. The van der Waals surface area contributed by atoms with Gasteiger partial charge in [0, 0.05) is 68.4 Å². The van der Waals surface area contributed by atoms with E-state index >= 15 is 0 Å². The molecule has 11 nitrogen and oxygen atoms in total. The number of fused-ring (bicyclic) bond motifs is 1. The summed E-state index contributed by atoms with van der Waals surface area (Å²) in [7, 11) is -1.60. The van der Waals surface area contributed by atoms with Gasteiger partial charge in [0.25, 0.3) is 0 Å². The molecule has 0 unspecified atom stereocenters. The van der Waals surface area contributed by atoms with Crippen LogP contribution in [0.25, 0.3) is 10.8 Å². The smallest absolute Gasteiger partial charge is 0.246 e. The normalized spacial score (nSPS) is 25.7. The highest BCUT2D eigenvalue weighted by molar-refractivity contribution is 7.91. The average molecular weight is 664 g/mol. The molecule has 5 heterocycles. The Bertz CT molecular complexity index is 1800. The van der Waals surface area contributed by atoms with E-state index in [0.29, 0.717) is 50.2 Å². The van der Waals surface area contributed by atoms with Crippen LogP contribution in [0.3, 0.4) is 0 Å². The highest BCUT2D eigenvalue weighted by atomic mass is 32.2. The van der Waals surface area contributed by atoms with E-state index in [9.17, 15) is 17.6 Å². The van der Waals surface area contributed by atoms with Crippen LogP contribution in [0.4, 0.5) is 27.7 Å². The molecule has 1 aromatic carbocycles. The summed E-state index contributed by atoms with van der Waals surface area (Å²) in [6, 6.07) is 7.85. The Morgan fingerprint density at radius 2 is 1.91 bits per heavy atom. The molecule has 1 saturated carbocycles. The summed E-state index contributed by atoms with van der Waals surface area (Å²) in [5, 5.41) is 4.94. The number of carbonyl (C=O) groups is 1. The first-order valence-corrected chi connectivity index (χ1v) is 18.4. The second-order valence-electron chi connectivity index (χ2n) is 13.5. The number of amides is 1. The molecule has 7 rings (SSSR count). The number of benzene rings is 1. The number of nitrogens with one attached hydrogen (secondary N) is 1. The van der Waals surface area contributed by atoms with Crippen molar-refractivity contribution < 1.29 is 22.3 Å². The second kappa shape index (κ2) is 12.3. The molecule has 1 spiro atoms. The van der Waals surface area contributed by atoms with Gasteiger partial charge < -0.3 is 24.8 Å². The van der Waals surface area contributed by atoms with Gasteiger partial charge in [-0.2, -0.15) is 4.98 Å². The molecule has 1 aliphatic carbocycles. The number of piperidine rings is 1. The third-order valence-corrected chi connectivity index (χ3v) is 12.4. The Morgan fingerprint density at radius 1 is 1.09 bits per heavy atom. The number of likely N-dealkylation sites (tertiary alicyclic amines) is 1. The SMILES string of the molecule is C=CC(=O)N1CCC[C@H]1c1ccc(N2CC3(CCC[C@H]3S(C)(=O)=O)C2)c2cnc(Nc3ccnc(N4CC[C@@H](OC)[C@@H](F)C4)n3)cc12. The molecule has 0 bridgehead atoms. The van der Waals surface area contributed by atoms with Crippen molar-refractivity contribution >= 4 is 49.8 Å². The second-order valence-corrected chi connectivity index (χ2v) is 15.7. The van der Waals surface area contributed by atoms with Crippen LogP contribution >= 0.6 is 0 Å². The zero-order valence-corrected chi connectivity index (χ0v) is 27.8. The van der Waals surface area contributed by atoms with Crippen LogP contribution in [0.15, 0.2) is 49.3 Å². The fraction of sp³-hybridized carbons (Fsp3) is 0.529. The van der Waals surface area contributed by atoms with E-state index in [-0.39, 0.29) is 29.2 Å². The van der Waals surface area contributed by atoms with Crippen molar-refractivity contribution in [3.05, 3.63) is 54.9 Å². The number of carbonyl (C=O) groups excluding carboxylic acids is 1. The first kappa shape index (κ1) is 31.7. The molecule has 3 saturated heterocycles. The Kier molecular flexibility index (Phi) is 8.32. The van der Waals surface area contributed by atoms with Gasteiger partial charge in [-0.1, -0.05) is 19.1 Å². The number of nitrogens with zero attached hydrogens (tertiary/aromatic N) is 6. The molecule has 4 atom stereocenters. The van der Waals surface area contributed by atoms with E-state index in [0.717, 1.165) is 54.1 Å². The third-order valence-electron chi connectivity index (χ3n) is 10.6. The van der Waals surface area contributed by atoms with Crippen molar-refractivity contribution in [2.75, 3.05) is 61.2 Å². The average Bonchev–Trinajstić information content (AvgIpc) is 3.72. The molecule has 3 aromatic rings. The fourth-order valence-corrected chi connectivity index (χ4v) is 10.2. The van der Waals surface area contributed by atoms with E-state index in [1.807, 2.05) is 22.1 Å². The van der Waals surface area contributed by atoms with Crippen molar-refractivity contribution in [3.63, 3.8) is 0 Å². The molecule has 4 fully saturated rings. The minimum absolute atomic E-state index is 0.0894. The molecule has 1 amide bonds. The number of sulfone groups is 1. The van der Waals surface area contributed by atoms with Crippen LogP contribution in [-0.2, 0) is 19.4 Å². The molecule has 4 aliphatic rings. The molecule has 1 N–H and O–H groups in total. The first-order chi connectivity index (χ1) is 22.6. The summed E-state index contributed by atoms with van der Waals surface area (Å²) in [5.74, 6) is 1.46. The van der Waals surface area contributed by atoms with Crippen LogP contribution in [0.1, 0.15) is 50.1 Å². The number of hydrogen-bond acceptors (Lipinski definition) is 10. The minimum Gasteiger partial charge on any atom is -0.378 e. The first-order valence-electron chi connectivity index (χ1n) is 16.4. The number of aromatic nitrogens is 3. The van der Waals surface area contributed by atoms with Crippen LogP contribution in [0.5, 0.6) is 0 Å². The van der Waals surface area contributed by atoms with Crippen molar-refractivity contribution in [3.8, 4) is 0 Å². The molecule has 2 aromatic heterocycles. The number of ether oxygens (including phenoxy) is 1. The van der Waals surface area contributed by atoms with Gasteiger partial charge in [-0.15, -0.1) is 0 Å². The summed E-state index contributed by atoms with van der Waals surface area (Å²) in [6.07, 6.45) is 9.56. The summed E-state index contributed by atoms with van der Waals surface area (Å²) in [4.78, 5) is 32.6. The van der Waals surface area contributed by atoms with Gasteiger partial charge in [-0.25, -0.2) is 22.8 Å². The Morgan fingerprint density at radius 3 is 2.66 bits per heavy atom. The number of halogens is 1. The van der Waals surface area contributed by atoms with Crippen molar-refractivity contribution in [1.29, 1.82) is 0 Å². The quantitative estimate of drug-likeness (QED) is 0.343. The number of anilines is 4. The lowest BCUT2D eigenvalue weighted by Gasteiger charge is -2.52. The van der Waals surface area contributed by atoms with Crippen molar-refractivity contribution in [2.45, 2.75) is 62.1 Å². The van der Waals surface area contributed by atoms with E-state index in [2.05, 4.69) is 38.9 Å². The Labute approximate surface area is 275 Å². The summed E-state index contributed by atoms with van der Waals surface area (Å²) >= 11 is 0. The Hall–Kier alpha value is -3.84. The molecule has 13 heteroatoms. The zero-order chi connectivity index (χ0) is 32.9. The lowest BCUT2D eigenvalue weighted by molar-refractivity contribution is -0.126. The number of hydrogen-bond donors (Lipinski definition) is 1. The summed E-state index contributed by atoms with van der Waals surface area (Å²) in [6.45, 7) is 6.52. The van der Waals surface area contributed by atoms with Gasteiger partial charge in [0.15, 0.2) is 9.84 Å². The van der Waals surface area contributed by atoms with Gasteiger partial charge in [0.05, 0.1) is 23.9 Å². The fourth-order valence-electron chi connectivity index (χ4n) is 8.41. The molecule has 3 aliphatic heterocycles. The molecule has 0 radical (unpaired) electrons. The minimum atomic E-state index is -3.14. The predicted octanol–water partition coefficient (Wildman–Crippen LogP) is 4.58. The summed E-state index contributed by atoms with van der Waals surface area (Å²) in [5.41, 5.74) is 1.83. The van der Waals surface area contributed by atoms with Gasteiger partial charge in [0.1, 0.15) is 17.8 Å². The lowest BCUT2D eigenvalue weighted by Crippen LogP contribution is -2.61. The topological polar surface area (TPSA) is 121 Å². The zero-order valence-electron chi connectivity index (χ0n) is 26.9. The van der Waals surface area contributed by atoms with Crippen LogP contribution in [-0.4, -0.2) is 97.8 Å². The number of rotatable bonds is 8.